The lowest BCUT2D eigenvalue weighted by molar-refractivity contribution is -0.136. The first kappa shape index (κ1) is 19.7. The summed E-state index contributed by atoms with van der Waals surface area (Å²) in [5.74, 6) is -0.490. The number of hydrogen-bond donors (Lipinski definition) is 1. The first-order chi connectivity index (χ1) is 14.5. The van der Waals surface area contributed by atoms with Crippen LogP contribution in [0.2, 0.25) is 0 Å². The van der Waals surface area contributed by atoms with Gasteiger partial charge in [0, 0.05) is 29.2 Å². The summed E-state index contributed by atoms with van der Waals surface area (Å²) in [5.41, 5.74) is 2.73. The highest BCUT2D eigenvalue weighted by atomic mass is 19.1. The van der Waals surface area contributed by atoms with E-state index in [0.717, 1.165) is 10.9 Å². The van der Waals surface area contributed by atoms with Crippen molar-refractivity contribution in [2.75, 3.05) is 20.3 Å². The predicted molar refractivity (Wildman–Crippen MR) is 111 cm³/mol. The van der Waals surface area contributed by atoms with Gasteiger partial charge in [-0.25, -0.2) is 9.18 Å². The summed E-state index contributed by atoms with van der Waals surface area (Å²) < 4.78 is 24.0. The Balaban J connectivity index is 1.77. The zero-order valence-corrected chi connectivity index (χ0v) is 16.7. The van der Waals surface area contributed by atoms with Gasteiger partial charge in [0.2, 0.25) is 0 Å². The molecule has 4 rings (SSSR count). The van der Waals surface area contributed by atoms with E-state index in [2.05, 4.69) is 4.98 Å². The minimum atomic E-state index is -0.541. The molecular formula is C23H21FN2O4. The highest BCUT2D eigenvalue weighted by Gasteiger charge is 2.27. The van der Waals surface area contributed by atoms with Crippen molar-refractivity contribution in [2.45, 2.75) is 13.3 Å². The average molecular weight is 408 g/mol. The van der Waals surface area contributed by atoms with Gasteiger partial charge in [0.15, 0.2) is 0 Å². The van der Waals surface area contributed by atoms with Gasteiger partial charge >= 0.3 is 5.97 Å². The number of benzene rings is 2. The molecule has 0 atom stereocenters. The number of halogens is 1. The van der Waals surface area contributed by atoms with Gasteiger partial charge in [0.25, 0.3) is 5.91 Å². The number of hydrogen-bond acceptors (Lipinski definition) is 4. The van der Waals surface area contributed by atoms with Crippen LogP contribution < -0.4 is 4.74 Å². The van der Waals surface area contributed by atoms with E-state index >= 15 is 0 Å². The second-order valence-corrected chi connectivity index (χ2v) is 6.91. The van der Waals surface area contributed by atoms with Gasteiger partial charge in [-0.05, 0) is 61.4 Å². The van der Waals surface area contributed by atoms with E-state index in [9.17, 15) is 14.0 Å². The normalized spacial score (nSPS) is 13.4. The molecule has 0 fully saturated rings. The van der Waals surface area contributed by atoms with Gasteiger partial charge in [0.1, 0.15) is 11.6 Å². The fourth-order valence-corrected chi connectivity index (χ4v) is 3.66. The zero-order chi connectivity index (χ0) is 21.3. The van der Waals surface area contributed by atoms with Gasteiger partial charge < -0.3 is 19.4 Å². The minimum Gasteiger partial charge on any atom is -0.497 e. The number of rotatable bonds is 4. The fourth-order valence-electron chi connectivity index (χ4n) is 3.66. The van der Waals surface area contributed by atoms with Crippen molar-refractivity contribution >= 4 is 28.4 Å². The Labute approximate surface area is 172 Å². The Morgan fingerprint density at radius 3 is 2.63 bits per heavy atom. The van der Waals surface area contributed by atoms with Gasteiger partial charge in [-0.15, -0.1) is 0 Å². The third-order valence-corrected chi connectivity index (χ3v) is 5.12. The molecule has 1 aliphatic heterocycles. The van der Waals surface area contributed by atoms with Crippen LogP contribution in [0.25, 0.3) is 16.5 Å². The smallest absolute Gasteiger partial charge is 0.341 e. The van der Waals surface area contributed by atoms with E-state index in [1.165, 1.54) is 23.2 Å². The van der Waals surface area contributed by atoms with E-state index < -0.39 is 5.97 Å². The Kier molecular flexibility index (Phi) is 5.27. The summed E-state index contributed by atoms with van der Waals surface area (Å²) in [7, 11) is 1.56. The number of carbonyl (C=O) groups excluding carboxylic acids is 2. The topological polar surface area (TPSA) is 71.6 Å². The van der Waals surface area contributed by atoms with Crippen molar-refractivity contribution in [3.8, 4) is 5.75 Å². The van der Waals surface area contributed by atoms with Crippen LogP contribution in [-0.2, 0) is 16.0 Å². The summed E-state index contributed by atoms with van der Waals surface area (Å²) in [4.78, 5) is 30.4. The minimum absolute atomic E-state index is 0.201. The molecule has 0 spiro atoms. The van der Waals surface area contributed by atoms with E-state index in [1.54, 1.807) is 44.4 Å². The molecule has 2 heterocycles. The molecule has 30 heavy (non-hydrogen) atoms. The van der Waals surface area contributed by atoms with E-state index in [-0.39, 0.29) is 23.9 Å². The maximum absolute atomic E-state index is 13.7. The first-order valence-corrected chi connectivity index (χ1v) is 9.66. The lowest BCUT2D eigenvalue weighted by atomic mass is 10.0. The SMILES string of the molecule is CCOC(=O)C1=CN(C(=O)c2ccc(OC)cc2)CCc2c1[nH]c1cc(F)ccc21. The number of H-pyrrole nitrogens is 1. The molecule has 0 unspecified atom stereocenters. The quantitative estimate of drug-likeness (QED) is 0.665. The van der Waals surface area contributed by atoms with E-state index in [1.807, 2.05) is 0 Å². The second-order valence-electron chi connectivity index (χ2n) is 6.91. The van der Waals surface area contributed by atoms with E-state index in [0.29, 0.717) is 35.5 Å². The molecule has 6 nitrogen and oxygen atoms in total. The Morgan fingerprint density at radius 2 is 1.93 bits per heavy atom. The Bertz CT molecular complexity index is 1150. The number of nitrogens with one attached hydrogen (secondary N) is 1. The largest absolute Gasteiger partial charge is 0.497 e. The van der Waals surface area contributed by atoms with Crippen molar-refractivity contribution in [1.29, 1.82) is 0 Å². The third-order valence-electron chi connectivity index (χ3n) is 5.12. The van der Waals surface area contributed by atoms with Crippen LogP contribution in [0, 0.1) is 5.82 Å². The molecule has 2 aromatic carbocycles. The average Bonchev–Trinajstić information content (AvgIpc) is 2.99. The lowest BCUT2D eigenvalue weighted by Crippen LogP contribution is -2.28. The highest BCUT2D eigenvalue weighted by Crippen LogP contribution is 2.32. The van der Waals surface area contributed by atoms with Crippen molar-refractivity contribution in [1.82, 2.24) is 9.88 Å². The molecule has 0 bridgehead atoms. The third kappa shape index (κ3) is 3.54. The Morgan fingerprint density at radius 1 is 1.17 bits per heavy atom. The number of fused-ring (bicyclic) bond motifs is 3. The molecular weight excluding hydrogens is 387 g/mol. The summed E-state index contributed by atoms with van der Waals surface area (Å²) in [6.45, 7) is 2.29. The van der Waals surface area contributed by atoms with Crippen LogP contribution in [0.4, 0.5) is 4.39 Å². The number of aromatic nitrogens is 1. The standard InChI is InChI=1S/C23H21FN2O4/c1-3-30-23(28)19-13-26(22(27)14-4-7-16(29-2)8-5-14)11-10-18-17-9-6-15(24)12-20(17)25-21(18)19/h4-9,12-13,25H,3,10-11H2,1-2H3. The molecule has 3 aromatic rings. The maximum Gasteiger partial charge on any atom is 0.341 e. The molecule has 7 heteroatoms. The van der Waals surface area contributed by atoms with Gasteiger partial charge in [-0.2, -0.15) is 0 Å². The van der Waals surface area contributed by atoms with Crippen LogP contribution in [0.3, 0.4) is 0 Å². The van der Waals surface area contributed by atoms with Crippen LogP contribution in [-0.4, -0.2) is 42.0 Å². The molecule has 1 aliphatic rings. The maximum atomic E-state index is 13.7. The summed E-state index contributed by atoms with van der Waals surface area (Å²) >= 11 is 0. The first-order valence-electron chi connectivity index (χ1n) is 9.66. The molecule has 0 aliphatic carbocycles. The number of esters is 1. The van der Waals surface area contributed by atoms with Crippen molar-refractivity contribution in [3.05, 3.63) is 71.3 Å². The zero-order valence-electron chi connectivity index (χ0n) is 16.7. The number of methoxy groups -OCH3 is 1. The number of nitrogens with zero attached hydrogens (tertiary/aromatic N) is 1. The molecule has 1 amide bonds. The number of carbonyl (C=O) groups is 2. The molecule has 154 valence electrons. The van der Waals surface area contributed by atoms with Crippen LogP contribution in [0.15, 0.2) is 48.7 Å². The van der Waals surface area contributed by atoms with Crippen LogP contribution in [0.1, 0.15) is 28.5 Å². The van der Waals surface area contributed by atoms with Crippen molar-refractivity contribution in [2.24, 2.45) is 0 Å². The van der Waals surface area contributed by atoms with Gasteiger partial charge in [-0.3, -0.25) is 4.79 Å². The molecule has 1 N–H and O–H groups in total. The highest BCUT2D eigenvalue weighted by molar-refractivity contribution is 6.18. The molecule has 1 aromatic heterocycles. The molecule has 0 radical (unpaired) electrons. The monoisotopic (exact) mass is 408 g/mol. The number of amides is 1. The second kappa shape index (κ2) is 8.02. The Hall–Kier alpha value is -3.61. The summed E-state index contributed by atoms with van der Waals surface area (Å²) in [6.07, 6.45) is 2.02. The van der Waals surface area contributed by atoms with Gasteiger partial charge in [0.05, 0.1) is 25.0 Å². The van der Waals surface area contributed by atoms with E-state index in [4.69, 9.17) is 9.47 Å². The fraction of sp³-hybridized carbons (Fsp3) is 0.217. The van der Waals surface area contributed by atoms with Crippen molar-refractivity contribution in [3.63, 3.8) is 0 Å². The molecule has 0 saturated heterocycles. The predicted octanol–water partition coefficient (Wildman–Crippen LogP) is 3.92. The lowest BCUT2D eigenvalue weighted by Gasteiger charge is -2.18. The van der Waals surface area contributed by atoms with Gasteiger partial charge in [-0.1, -0.05) is 0 Å². The number of aromatic amines is 1. The number of ether oxygens (including phenoxy) is 2. The summed E-state index contributed by atoms with van der Waals surface area (Å²) in [5, 5.41) is 0.820. The van der Waals surface area contributed by atoms with Crippen LogP contribution in [0.5, 0.6) is 5.75 Å². The van der Waals surface area contributed by atoms with Crippen LogP contribution >= 0.6 is 0 Å². The summed E-state index contributed by atoms with van der Waals surface area (Å²) in [6, 6.07) is 11.3. The van der Waals surface area contributed by atoms with Crippen molar-refractivity contribution < 1.29 is 23.5 Å². The molecule has 0 saturated carbocycles.